The number of halogens is 3. The molecule has 3 N–H and O–H groups in total. The molecule has 38 heavy (non-hydrogen) atoms. The molecule has 1 saturated heterocycles. The number of rotatable bonds is 5. The SMILES string of the molecule is Cc1[nH]c(=O)c2c(F)cc(-c3nc(-c4ccc(C5CCOCC5)c(CN(C)C)c4)c(F)nc3N)cc2c1F. The lowest BCUT2D eigenvalue weighted by atomic mass is 9.87. The molecule has 10 heteroatoms. The van der Waals surface area contributed by atoms with Crippen molar-refractivity contribution in [2.75, 3.05) is 33.0 Å². The lowest BCUT2D eigenvalue weighted by Crippen LogP contribution is -2.18. The Labute approximate surface area is 217 Å². The monoisotopic (exact) mass is 523 g/mol. The van der Waals surface area contributed by atoms with Gasteiger partial charge in [0.1, 0.15) is 23.0 Å². The molecule has 0 atom stereocenters. The van der Waals surface area contributed by atoms with Gasteiger partial charge >= 0.3 is 0 Å². The molecule has 1 aliphatic heterocycles. The number of pyridine rings is 1. The number of nitrogens with zero attached hydrogens (tertiary/aromatic N) is 3. The molecule has 3 heterocycles. The molecule has 0 radical (unpaired) electrons. The van der Waals surface area contributed by atoms with Crippen molar-refractivity contribution in [2.45, 2.75) is 32.2 Å². The highest BCUT2D eigenvalue weighted by Gasteiger charge is 2.23. The molecule has 1 aliphatic rings. The second-order valence-corrected chi connectivity index (χ2v) is 9.91. The summed E-state index contributed by atoms with van der Waals surface area (Å²) in [4.78, 5) is 24.8. The van der Waals surface area contributed by atoms with E-state index in [1.54, 1.807) is 6.07 Å². The third kappa shape index (κ3) is 4.77. The lowest BCUT2D eigenvalue weighted by molar-refractivity contribution is 0.0850. The number of benzene rings is 2. The van der Waals surface area contributed by atoms with Gasteiger partial charge in [0.05, 0.1) is 11.1 Å². The van der Waals surface area contributed by atoms with E-state index in [9.17, 15) is 13.6 Å². The van der Waals surface area contributed by atoms with E-state index in [2.05, 4.69) is 15.0 Å². The van der Waals surface area contributed by atoms with E-state index in [-0.39, 0.29) is 33.8 Å². The molecule has 0 spiro atoms. The number of anilines is 1. The summed E-state index contributed by atoms with van der Waals surface area (Å²) in [7, 11) is 3.92. The average molecular weight is 524 g/mol. The molecular weight excluding hydrogens is 495 g/mol. The quantitative estimate of drug-likeness (QED) is 0.386. The van der Waals surface area contributed by atoms with Crippen LogP contribution < -0.4 is 11.3 Å². The topological polar surface area (TPSA) is 97.1 Å². The van der Waals surface area contributed by atoms with Crippen molar-refractivity contribution in [3.63, 3.8) is 0 Å². The minimum Gasteiger partial charge on any atom is -0.382 e. The van der Waals surface area contributed by atoms with Gasteiger partial charge in [-0.25, -0.2) is 13.8 Å². The molecule has 5 rings (SSSR count). The zero-order chi connectivity index (χ0) is 27.1. The van der Waals surface area contributed by atoms with Crippen LogP contribution in [0.1, 0.15) is 35.6 Å². The summed E-state index contributed by atoms with van der Waals surface area (Å²) < 4.78 is 50.4. The predicted molar refractivity (Wildman–Crippen MR) is 140 cm³/mol. The largest absolute Gasteiger partial charge is 0.382 e. The smallest absolute Gasteiger partial charge is 0.259 e. The second kappa shape index (κ2) is 10.2. The molecule has 0 saturated carbocycles. The molecule has 0 unspecified atom stereocenters. The van der Waals surface area contributed by atoms with Gasteiger partial charge in [-0.3, -0.25) is 4.79 Å². The summed E-state index contributed by atoms with van der Waals surface area (Å²) in [6, 6.07) is 7.98. The van der Waals surface area contributed by atoms with Crippen molar-refractivity contribution >= 4 is 16.6 Å². The summed E-state index contributed by atoms with van der Waals surface area (Å²) in [6.45, 7) is 3.41. The third-order valence-corrected chi connectivity index (χ3v) is 6.90. The number of nitrogens with two attached hydrogens (primary N) is 1. The van der Waals surface area contributed by atoms with Crippen LogP contribution in [0.2, 0.25) is 0 Å². The molecule has 198 valence electrons. The number of aromatic amines is 1. The molecule has 7 nitrogen and oxygen atoms in total. The maximum absolute atomic E-state index is 15.1. The lowest BCUT2D eigenvalue weighted by Gasteiger charge is -2.26. The molecule has 0 amide bonds. The summed E-state index contributed by atoms with van der Waals surface area (Å²) in [5.41, 5.74) is 7.93. The van der Waals surface area contributed by atoms with E-state index >= 15 is 4.39 Å². The normalized spacial score (nSPS) is 14.5. The minimum atomic E-state index is -0.946. The van der Waals surface area contributed by atoms with Crippen LogP contribution >= 0.6 is 0 Å². The first-order chi connectivity index (χ1) is 18.1. The van der Waals surface area contributed by atoms with Crippen molar-refractivity contribution in [1.29, 1.82) is 0 Å². The van der Waals surface area contributed by atoms with E-state index in [1.165, 1.54) is 18.6 Å². The standard InChI is InChI=1S/C28H28F3N5O2/c1-14-23(30)20-11-17(12-21(29)22(20)28(37)33-14)25-27(32)35-26(31)24(34-25)16-4-5-19(15-6-8-38-9-7-15)18(10-16)13-36(2)3/h4-5,10-12,15H,6-9,13H2,1-3H3,(H2,32,35)(H,33,37). The minimum absolute atomic E-state index is 0.0119. The highest BCUT2D eigenvalue weighted by molar-refractivity contribution is 5.89. The number of hydrogen-bond donors (Lipinski definition) is 2. The summed E-state index contributed by atoms with van der Waals surface area (Å²) in [6.07, 6.45) is 1.82. The van der Waals surface area contributed by atoms with E-state index in [0.717, 1.165) is 24.5 Å². The second-order valence-electron chi connectivity index (χ2n) is 9.91. The number of nitrogens with one attached hydrogen (secondary N) is 1. The average Bonchev–Trinajstić information content (AvgIpc) is 2.87. The van der Waals surface area contributed by atoms with Gasteiger partial charge in [0, 0.05) is 36.3 Å². The Morgan fingerprint density at radius 1 is 1.05 bits per heavy atom. The van der Waals surface area contributed by atoms with Crippen LogP contribution in [0.5, 0.6) is 0 Å². The van der Waals surface area contributed by atoms with Gasteiger partial charge in [0.15, 0.2) is 5.82 Å². The zero-order valence-electron chi connectivity index (χ0n) is 21.4. The van der Waals surface area contributed by atoms with Gasteiger partial charge in [-0.2, -0.15) is 9.37 Å². The van der Waals surface area contributed by atoms with E-state index in [4.69, 9.17) is 10.5 Å². The zero-order valence-corrected chi connectivity index (χ0v) is 21.4. The van der Waals surface area contributed by atoms with Crippen molar-refractivity contribution in [3.05, 3.63) is 75.1 Å². The Morgan fingerprint density at radius 2 is 1.79 bits per heavy atom. The molecular formula is C28H28F3N5O2. The van der Waals surface area contributed by atoms with Crippen LogP contribution in [-0.2, 0) is 11.3 Å². The molecule has 1 fully saturated rings. The number of fused-ring (bicyclic) bond motifs is 1. The number of H-pyrrole nitrogens is 1. The maximum Gasteiger partial charge on any atom is 0.259 e. The predicted octanol–water partition coefficient (Wildman–Crippen LogP) is 4.92. The number of aryl methyl sites for hydroxylation is 1. The van der Waals surface area contributed by atoms with Crippen LogP contribution in [0.25, 0.3) is 33.3 Å². The fourth-order valence-electron chi connectivity index (χ4n) is 5.10. The Balaban J connectivity index is 1.65. The molecule has 2 aromatic heterocycles. The van der Waals surface area contributed by atoms with Gasteiger partial charge in [-0.15, -0.1) is 0 Å². The Hall–Kier alpha value is -3.76. The Morgan fingerprint density at radius 3 is 2.50 bits per heavy atom. The molecule has 4 aromatic rings. The molecule has 0 aliphatic carbocycles. The summed E-state index contributed by atoms with van der Waals surface area (Å²) in [5, 5.41) is -0.634. The van der Waals surface area contributed by atoms with Crippen molar-refractivity contribution in [1.82, 2.24) is 19.9 Å². The first-order valence-electron chi connectivity index (χ1n) is 12.3. The van der Waals surface area contributed by atoms with Gasteiger partial charge < -0.3 is 20.4 Å². The number of ether oxygens (including phenoxy) is 1. The highest BCUT2D eigenvalue weighted by atomic mass is 19.1. The van der Waals surface area contributed by atoms with Gasteiger partial charge in [-0.1, -0.05) is 12.1 Å². The third-order valence-electron chi connectivity index (χ3n) is 6.90. The van der Waals surface area contributed by atoms with E-state index in [1.807, 2.05) is 31.1 Å². The van der Waals surface area contributed by atoms with Crippen molar-refractivity contribution in [2.24, 2.45) is 0 Å². The molecule has 0 bridgehead atoms. The summed E-state index contributed by atoms with van der Waals surface area (Å²) in [5.74, 6) is -2.53. The van der Waals surface area contributed by atoms with Crippen LogP contribution in [-0.4, -0.2) is 47.2 Å². The fourth-order valence-corrected chi connectivity index (χ4v) is 5.10. The first kappa shape index (κ1) is 25.9. The Bertz CT molecular complexity index is 1600. The maximum atomic E-state index is 15.1. The number of hydrogen-bond acceptors (Lipinski definition) is 6. The fraction of sp³-hybridized carbons (Fsp3) is 0.321. The number of aromatic nitrogens is 3. The number of nitrogen functional groups attached to an aromatic ring is 1. The Kier molecular flexibility index (Phi) is 6.93. The van der Waals surface area contributed by atoms with Crippen LogP contribution in [0.4, 0.5) is 19.0 Å². The van der Waals surface area contributed by atoms with Crippen LogP contribution in [0.3, 0.4) is 0 Å². The summed E-state index contributed by atoms with van der Waals surface area (Å²) >= 11 is 0. The molecule has 2 aromatic carbocycles. The van der Waals surface area contributed by atoms with Crippen LogP contribution in [0.15, 0.2) is 35.1 Å². The van der Waals surface area contributed by atoms with Crippen LogP contribution in [0, 0.1) is 24.5 Å². The van der Waals surface area contributed by atoms with E-state index in [0.29, 0.717) is 31.2 Å². The van der Waals surface area contributed by atoms with Crippen molar-refractivity contribution < 1.29 is 17.9 Å². The van der Waals surface area contributed by atoms with Gasteiger partial charge in [-0.05, 0) is 69.1 Å². The van der Waals surface area contributed by atoms with Gasteiger partial charge in [0.25, 0.3) is 5.56 Å². The first-order valence-corrected chi connectivity index (χ1v) is 12.3. The van der Waals surface area contributed by atoms with E-state index < -0.39 is 28.5 Å². The van der Waals surface area contributed by atoms with Crippen molar-refractivity contribution in [3.8, 4) is 22.5 Å². The van der Waals surface area contributed by atoms with Gasteiger partial charge in [0.2, 0.25) is 5.95 Å². The highest BCUT2D eigenvalue weighted by Crippen LogP contribution is 2.35.